The first-order valence-corrected chi connectivity index (χ1v) is 10.5. The van der Waals surface area contributed by atoms with Crippen LogP contribution in [0.3, 0.4) is 0 Å². The molecule has 0 unspecified atom stereocenters. The molecule has 29 heavy (non-hydrogen) atoms. The number of benzene rings is 2. The van der Waals surface area contributed by atoms with Gasteiger partial charge in [-0.15, -0.1) is 11.3 Å². The summed E-state index contributed by atoms with van der Waals surface area (Å²) in [4.78, 5) is 9.37. The van der Waals surface area contributed by atoms with Gasteiger partial charge >= 0.3 is 0 Å². The highest BCUT2D eigenvalue weighted by Crippen LogP contribution is 2.30. The Labute approximate surface area is 175 Å². The molecule has 0 spiro atoms. The molecule has 0 saturated heterocycles. The molecule has 152 valence electrons. The van der Waals surface area contributed by atoms with Crippen molar-refractivity contribution in [3.8, 4) is 22.8 Å². The van der Waals surface area contributed by atoms with Gasteiger partial charge in [0.15, 0.2) is 17.5 Å². The molecule has 3 aromatic rings. The number of guanidine groups is 1. The molecule has 1 aromatic heterocycles. The van der Waals surface area contributed by atoms with Crippen molar-refractivity contribution in [1.29, 1.82) is 0 Å². The summed E-state index contributed by atoms with van der Waals surface area (Å²) in [6, 6.07) is 15.9. The molecule has 0 amide bonds. The lowest BCUT2D eigenvalue weighted by atomic mass is 10.2. The number of nitrogens with one attached hydrogen (secondary N) is 2. The van der Waals surface area contributed by atoms with E-state index in [9.17, 15) is 0 Å². The molecule has 0 aliphatic carbocycles. The first-order valence-electron chi connectivity index (χ1n) is 9.59. The summed E-state index contributed by atoms with van der Waals surface area (Å²) in [6.45, 7) is 5.83. The third-order valence-corrected chi connectivity index (χ3v) is 4.90. The van der Waals surface area contributed by atoms with E-state index in [0.717, 1.165) is 34.2 Å². The maximum absolute atomic E-state index is 5.57. The van der Waals surface area contributed by atoms with Crippen LogP contribution in [0.5, 0.6) is 11.5 Å². The lowest BCUT2D eigenvalue weighted by Gasteiger charge is -2.14. The first-order chi connectivity index (χ1) is 14.2. The van der Waals surface area contributed by atoms with Gasteiger partial charge in [-0.2, -0.15) is 0 Å². The summed E-state index contributed by atoms with van der Waals surface area (Å²) < 4.78 is 11.0. The minimum atomic E-state index is 0.501. The summed E-state index contributed by atoms with van der Waals surface area (Å²) in [5, 5.41) is 9.60. The van der Waals surface area contributed by atoms with Gasteiger partial charge in [0.05, 0.1) is 26.0 Å². The van der Waals surface area contributed by atoms with Crippen molar-refractivity contribution < 1.29 is 9.47 Å². The fourth-order valence-electron chi connectivity index (χ4n) is 2.74. The Kier molecular flexibility index (Phi) is 7.47. The van der Waals surface area contributed by atoms with Gasteiger partial charge in [0.2, 0.25) is 0 Å². The van der Waals surface area contributed by atoms with Crippen molar-refractivity contribution >= 4 is 23.0 Å². The molecule has 0 aliphatic rings. The molecule has 1 heterocycles. The smallest absolute Gasteiger partial charge is 0.196 e. The van der Waals surface area contributed by atoms with Crippen LogP contribution in [0.25, 0.3) is 11.3 Å². The zero-order valence-corrected chi connectivity index (χ0v) is 17.8. The van der Waals surface area contributed by atoms with Crippen LogP contribution in [-0.4, -0.2) is 31.2 Å². The summed E-state index contributed by atoms with van der Waals surface area (Å²) in [5.41, 5.74) is 2.97. The van der Waals surface area contributed by atoms with E-state index in [1.54, 1.807) is 18.4 Å². The number of nitrogens with zero attached hydrogens (tertiary/aromatic N) is 2. The summed E-state index contributed by atoms with van der Waals surface area (Å²) in [6.07, 6.45) is 0. The summed E-state index contributed by atoms with van der Waals surface area (Å²) >= 11 is 1.61. The number of hydrogen-bond acceptors (Lipinski definition) is 5. The van der Waals surface area contributed by atoms with Crippen LogP contribution in [0.2, 0.25) is 0 Å². The molecule has 6 nitrogen and oxygen atoms in total. The van der Waals surface area contributed by atoms with E-state index in [1.165, 1.54) is 0 Å². The second-order valence-electron chi connectivity index (χ2n) is 6.11. The normalized spacial score (nSPS) is 11.2. The van der Waals surface area contributed by atoms with Gasteiger partial charge < -0.3 is 20.1 Å². The van der Waals surface area contributed by atoms with Crippen LogP contribution in [0.4, 0.5) is 5.69 Å². The number of rotatable bonds is 8. The van der Waals surface area contributed by atoms with Crippen LogP contribution in [-0.2, 0) is 6.54 Å². The SMILES string of the molecule is CCNC(=NCc1nc(-c2ccccc2)cs1)Nc1ccc(OCC)c(OC)c1. The fourth-order valence-corrected chi connectivity index (χ4v) is 3.46. The van der Waals surface area contributed by atoms with Crippen LogP contribution < -0.4 is 20.1 Å². The monoisotopic (exact) mass is 410 g/mol. The van der Waals surface area contributed by atoms with Crippen LogP contribution in [0, 0.1) is 0 Å². The van der Waals surface area contributed by atoms with Gasteiger partial charge in [-0.3, -0.25) is 0 Å². The number of methoxy groups -OCH3 is 1. The second kappa shape index (κ2) is 10.5. The van der Waals surface area contributed by atoms with Crippen molar-refractivity contribution in [2.24, 2.45) is 4.99 Å². The average molecular weight is 411 g/mol. The Morgan fingerprint density at radius 2 is 1.93 bits per heavy atom. The van der Waals surface area contributed by atoms with E-state index < -0.39 is 0 Å². The van der Waals surface area contributed by atoms with Gasteiger partial charge in [0.25, 0.3) is 0 Å². The molecule has 0 fully saturated rings. The zero-order valence-electron chi connectivity index (χ0n) is 16.9. The molecule has 7 heteroatoms. The molecule has 0 aliphatic heterocycles. The third kappa shape index (κ3) is 5.71. The minimum Gasteiger partial charge on any atom is -0.493 e. The lowest BCUT2D eigenvalue weighted by molar-refractivity contribution is 0.311. The van der Waals surface area contributed by atoms with Gasteiger partial charge in [-0.25, -0.2) is 9.98 Å². The second-order valence-corrected chi connectivity index (χ2v) is 7.05. The predicted molar refractivity (Wildman–Crippen MR) is 120 cm³/mol. The van der Waals surface area contributed by atoms with E-state index in [2.05, 4.69) is 33.1 Å². The molecule has 0 atom stereocenters. The molecule has 2 aromatic carbocycles. The topological polar surface area (TPSA) is 67.8 Å². The Morgan fingerprint density at radius 1 is 1.10 bits per heavy atom. The molecule has 0 radical (unpaired) electrons. The molecular weight excluding hydrogens is 384 g/mol. The predicted octanol–water partition coefficient (Wildman–Crippen LogP) is 4.80. The summed E-state index contributed by atoms with van der Waals surface area (Å²) in [5.74, 6) is 2.09. The molecule has 0 saturated carbocycles. The highest BCUT2D eigenvalue weighted by molar-refractivity contribution is 7.09. The van der Waals surface area contributed by atoms with Gasteiger partial charge in [0, 0.05) is 29.2 Å². The Balaban J connectivity index is 1.71. The number of hydrogen-bond donors (Lipinski definition) is 2. The fraction of sp³-hybridized carbons (Fsp3) is 0.273. The number of ether oxygens (including phenoxy) is 2. The molecule has 2 N–H and O–H groups in total. The molecule has 0 bridgehead atoms. The standard InChI is InChI=1S/C22H26N4O2S/c1-4-23-22(25-17-11-12-19(28-5-2)20(13-17)27-3)24-14-21-26-18(15-29-21)16-9-7-6-8-10-16/h6-13,15H,4-5,14H2,1-3H3,(H2,23,24,25). The van der Waals surface area contributed by atoms with Gasteiger partial charge in [0.1, 0.15) is 5.01 Å². The van der Waals surface area contributed by atoms with Crippen molar-refractivity contribution in [1.82, 2.24) is 10.3 Å². The number of aromatic nitrogens is 1. The number of anilines is 1. The van der Waals surface area contributed by atoms with Crippen molar-refractivity contribution in [2.45, 2.75) is 20.4 Å². The molecule has 3 rings (SSSR count). The average Bonchev–Trinajstić information content (AvgIpc) is 3.23. The van der Waals surface area contributed by atoms with E-state index in [1.807, 2.05) is 50.2 Å². The highest BCUT2D eigenvalue weighted by atomic mass is 32.1. The summed E-state index contributed by atoms with van der Waals surface area (Å²) in [7, 11) is 1.63. The van der Waals surface area contributed by atoms with Crippen molar-refractivity contribution in [2.75, 3.05) is 25.6 Å². The zero-order chi connectivity index (χ0) is 20.5. The van der Waals surface area contributed by atoms with Crippen LogP contribution >= 0.6 is 11.3 Å². The van der Waals surface area contributed by atoms with Gasteiger partial charge in [-0.05, 0) is 26.0 Å². The highest BCUT2D eigenvalue weighted by Gasteiger charge is 2.08. The quantitative estimate of drug-likeness (QED) is 0.413. The van der Waals surface area contributed by atoms with E-state index >= 15 is 0 Å². The van der Waals surface area contributed by atoms with Crippen molar-refractivity contribution in [3.05, 3.63) is 58.9 Å². The minimum absolute atomic E-state index is 0.501. The lowest BCUT2D eigenvalue weighted by Crippen LogP contribution is -2.30. The third-order valence-electron chi connectivity index (χ3n) is 4.06. The number of thiazole rings is 1. The van der Waals surface area contributed by atoms with E-state index in [-0.39, 0.29) is 0 Å². The Bertz CT molecular complexity index is 941. The Morgan fingerprint density at radius 3 is 2.66 bits per heavy atom. The maximum atomic E-state index is 5.57. The maximum Gasteiger partial charge on any atom is 0.196 e. The molecular formula is C22H26N4O2S. The van der Waals surface area contributed by atoms with Gasteiger partial charge in [-0.1, -0.05) is 30.3 Å². The number of aliphatic imine (C=N–C) groups is 1. The van der Waals surface area contributed by atoms with Crippen LogP contribution in [0.15, 0.2) is 58.9 Å². The van der Waals surface area contributed by atoms with E-state index in [0.29, 0.717) is 24.9 Å². The van der Waals surface area contributed by atoms with E-state index in [4.69, 9.17) is 14.5 Å². The Hall–Kier alpha value is -3.06. The first kappa shape index (κ1) is 20.7. The van der Waals surface area contributed by atoms with Crippen LogP contribution in [0.1, 0.15) is 18.9 Å². The van der Waals surface area contributed by atoms with Crippen molar-refractivity contribution in [3.63, 3.8) is 0 Å². The largest absolute Gasteiger partial charge is 0.493 e.